The van der Waals surface area contributed by atoms with Crippen LogP contribution in [0.4, 0.5) is 0 Å². The summed E-state index contributed by atoms with van der Waals surface area (Å²) < 4.78 is 6.02. The molecule has 1 aromatic rings. The standard InChI is InChI=1S/C14H17NO/c1-10-4-5-11-7-13(10)14(16-9-11)12-3-2-6-15-8-12/h2-4,6,8,11,13-14H,5,7,9H2,1H3/t11-,13-,14+/m0/s1. The number of pyridine rings is 1. The van der Waals surface area contributed by atoms with Gasteiger partial charge in [-0.25, -0.2) is 0 Å². The van der Waals surface area contributed by atoms with Gasteiger partial charge in [-0.3, -0.25) is 4.98 Å². The zero-order chi connectivity index (χ0) is 11.0. The Labute approximate surface area is 96.3 Å². The van der Waals surface area contributed by atoms with E-state index in [1.54, 1.807) is 0 Å². The van der Waals surface area contributed by atoms with Crippen molar-refractivity contribution in [3.63, 3.8) is 0 Å². The second-order valence-electron chi connectivity index (χ2n) is 4.93. The summed E-state index contributed by atoms with van der Waals surface area (Å²) in [6.45, 7) is 3.14. The minimum absolute atomic E-state index is 0.224. The lowest BCUT2D eigenvalue weighted by Gasteiger charge is -2.39. The lowest BCUT2D eigenvalue weighted by molar-refractivity contribution is -0.0514. The van der Waals surface area contributed by atoms with Crippen LogP contribution in [0.25, 0.3) is 0 Å². The summed E-state index contributed by atoms with van der Waals surface area (Å²) in [6.07, 6.45) is 8.85. The quantitative estimate of drug-likeness (QED) is 0.671. The number of ether oxygens (including phenoxy) is 1. The highest BCUT2D eigenvalue weighted by molar-refractivity contribution is 5.21. The molecule has 16 heavy (non-hydrogen) atoms. The third-order valence-corrected chi connectivity index (χ3v) is 3.84. The second kappa shape index (κ2) is 4.02. The number of nitrogens with zero attached hydrogens (tertiary/aromatic N) is 1. The van der Waals surface area contributed by atoms with Crippen molar-refractivity contribution in [3.05, 3.63) is 41.7 Å². The molecule has 0 saturated carbocycles. The molecule has 1 aliphatic carbocycles. The first kappa shape index (κ1) is 10.0. The van der Waals surface area contributed by atoms with Crippen molar-refractivity contribution in [3.8, 4) is 0 Å². The average molecular weight is 215 g/mol. The lowest BCUT2D eigenvalue weighted by atomic mass is 9.75. The van der Waals surface area contributed by atoms with Gasteiger partial charge in [0, 0.05) is 18.3 Å². The number of allylic oxidation sites excluding steroid dienone is 1. The van der Waals surface area contributed by atoms with Crippen molar-refractivity contribution in [1.82, 2.24) is 4.98 Å². The highest BCUT2D eigenvalue weighted by atomic mass is 16.5. The van der Waals surface area contributed by atoms with Crippen LogP contribution in [0.2, 0.25) is 0 Å². The summed E-state index contributed by atoms with van der Waals surface area (Å²) in [7, 11) is 0. The van der Waals surface area contributed by atoms with E-state index in [-0.39, 0.29) is 6.10 Å². The maximum atomic E-state index is 6.02. The number of hydrogen-bond donors (Lipinski definition) is 0. The molecule has 0 spiro atoms. The largest absolute Gasteiger partial charge is 0.373 e. The van der Waals surface area contributed by atoms with E-state index in [1.165, 1.54) is 24.0 Å². The van der Waals surface area contributed by atoms with Crippen molar-refractivity contribution < 1.29 is 4.74 Å². The van der Waals surface area contributed by atoms with Crippen molar-refractivity contribution in [2.75, 3.05) is 6.61 Å². The molecule has 2 bridgehead atoms. The van der Waals surface area contributed by atoms with E-state index in [0.717, 1.165) is 12.5 Å². The number of aromatic nitrogens is 1. The van der Waals surface area contributed by atoms with Crippen molar-refractivity contribution >= 4 is 0 Å². The van der Waals surface area contributed by atoms with Gasteiger partial charge in [0.05, 0.1) is 12.7 Å². The van der Waals surface area contributed by atoms with Gasteiger partial charge in [0.2, 0.25) is 0 Å². The van der Waals surface area contributed by atoms with Crippen LogP contribution in [-0.4, -0.2) is 11.6 Å². The molecule has 1 fully saturated rings. The van der Waals surface area contributed by atoms with E-state index in [9.17, 15) is 0 Å². The van der Waals surface area contributed by atoms with Gasteiger partial charge in [0.15, 0.2) is 0 Å². The Morgan fingerprint density at radius 3 is 3.19 bits per heavy atom. The molecular formula is C14H17NO. The summed E-state index contributed by atoms with van der Waals surface area (Å²) in [4.78, 5) is 4.19. The van der Waals surface area contributed by atoms with Gasteiger partial charge in [0.25, 0.3) is 0 Å². The third kappa shape index (κ3) is 1.67. The Bertz CT molecular complexity index is 398. The van der Waals surface area contributed by atoms with Crippen LogP contribution < -0.4 is 0 Å². The molecule has 0 amide bonds. The predicted octanol–water partition coefficient (Wildman–Crippen LogP) is 3.13. The van der Waals surface area contributed by atoms with E-state index in [0.29, 0.717) is 5.92 Å². The highest BCUT2D eigenvalue weighted by Crippen LogP contribution is 2.43. The first-order valence-corrected chi connectivity index (χ1v) is 6.03. The maximum absolute atomic E-state index is 6.02. The van der Waals surface area contributed by atoms with Crippen molar-refractivity contribution in [2.24, 2.45) is 11.8 Å². The summed E-state index contributed by atoms with van der Waals surface area (Å²) in [5.41, 5.74) is 2.71. The van der Waals surface area contributed by atoms with Gasteiger partial charge in [-0.1, -0.05) is 17.7 Å². The van der Waals surface area contributed by atoms with Crippen LogP contribution in [0.15, 0.2) is 36.2 Å². The first-order chi connectivity index (χ1) is 7.84. The minimum atomic E-state index is 0.224. The van der Waals surface area contributed by atoms with Crippen LogP contribution in [0.3, 0.4) is 0 Å². The van der Waals surface area contributed by atoms with Crippen LogP contribution >= 0.6 is 0 Å². The highest BCUT2D eigenvalue weighted by Gasteiger charge is 2.35. The Hall–Kier alpha value is -1.15. The fourth-order valence-corrected chi connectivity index (χ4v) is 2.87. The van der Waals surface area contributed by atoms with E-state index in [1.807, 2.05) is 18.5 Å². The van der Waals surface area contributed by atoms with Crippen LogP contribution in [-0.2, 0) is 4.74 Å². The van der Waals surface area contributed by atoms with Gasteiger partial charge in [-0.15, -0.1) is 0 Å². The molecule has 1 saturated heterocycles. The number of fused-ring (bicyclic) bond motifs is 2. The van der Waals surface area contributed by atoms with Crippen LogP contribution in [0, 0.1) is 11.8 Å². The zero-order valence-electron chi connectivity index (χ0n) is 9.60. The van der Waals surface area contributed by atoms with Gasteiger partial charge < -0.3 is 4.74 Å². The Balaban J connectivity index is 1.91. The molecule has 2 heterocycles. The summed E-state index contributed by atoms with van der Waals surface area (Å²) in [5.74, 6) is 1.30. The smallest absolute Gasteiger partial charge is 0.0905 e. The second-order valence-corrected chi connectivity index (χ2v) is 4.93. The molecule has 3 rings (SSSR count). The number of hydrogen-bond acceptors (Lipinski definition) is 2. The number of rotatable bonds is 1. The predicted molar refractivity (Wildman–Crippen MR) is 62.9 cm³/mol. The van der Waals surface area contributed by atoms with E-state index in [2.05, 4.69) is 24.1 Å². The molecule has 0 unspecified atom stereocenters. The Kier molecular flexibility index (Phi) is 2.52. The van der Waals surface area contributed by atoms with Crippen molar-refractivity contribution in [1.29, 1.82) is 0 Å². The molecule has 0 aromatic carbocycles. The SMILES string of the molecule is CC1=CC[C@@H]2CO[C@H](c3cccnc3)[C@H]1C2. The molecule has 0 radical (unpaired) electrons. The van der Waals surface area contributed by atoms with E-state index in [4.69, 9.17) is 4.74 Å². The van der Waals surface area contributed by atoms with Gasteiger partial charge in [0.1, 0.15) is 0 Å². The van der Waals surface area contributed by atoms with E-state index >= 15 is 0 Å². The molecule has 1 aromatic heterocycles. The summed E-state index contributed by atoms with van der Waals surface area (Å²) in [6, 6.07) is 4.12. The maximum Gasteiger partial charge on any atom is 0.0905 e. The molecule has 0 N–H and O–H groups in total. The zero-order valence-corrected chi connectivity index (χ0v) is 9.60. The summed E-state index contributed by atoms with van der Waals surface area (Å²) >= 11 is 0. The molecule has 2 heteroatoms. The van der Waals surface area contributed by atoms with Crippen molar-refractivity contribution in [2.45, 2.75) is 25.9 Å². The normalized spacial score (nSPS) is 33.3. The molecule has 2 aliphatic rings. The van der Waals surface area contributed by atoms with Gasteiger partial charge in [-0.05, 0) is 37.3 Å². The molecule has 1 aliphatic heterocycles. The fraction of sp³-hybridized carbons (Fsp3) is 0.500. The topological polar surface area (TPSA) is 22.1 Å². The van der Waals surface area contributed by atoms with Gasteiger partial charge >= 0.3 is 0 Å². The van der Waals surface area contributed by atoms with Crippen LogP contribution in [0.5, 0.6) is 0 Å². The summed E-state index contributed by atoms with van der Waals surface area (Å²) in [5, 5.41) is 0. The Morgan fingerprint density at radius 1 is 1.44 bits per heavy atom. The lowest BCUT2D eigenvalue weighted by Crippen LogP contribution is -2.32. The third-order valence-electron chi connectivity index (χ3n) is 3.84. The van der Waals surface area contributed by atoms with Crippen LogP contribution in [0.1, 0.15) is 31.4 Å². The molecule has 3 atom stereocenters. The molecule has 2 nitrogen and oxygen atoms in total. The fourth-order valence-electron chi connectivity index (χ4n) is 2.87. The minimum Gasteiger partial charge on any atom is -0.373 e. The van der Waals surface area contributed by atoms with Gasteiger partial charge in [-0.2, -0.15) is 0 Å². The monoisotopic (exact) mass is 215 g/mol. The first-order valence-electron chi connectivity index (χ1n) is 6.03. The molecular weight excluding hydrogens is 198 g/mol. The average Bonchev–Trinajstić information content (AvgIpc) is 2.36. The van der Waals surface area contributed by atoms with E-state index < -0.39 is 0 Å². The molecule has 84 valence electrons. The Morgan fingerprint density at radius 2 is 2.38 bits per heavy atom.